The van der Waals surface area contributed by atoms with Gasteiger partial charge in [0.2, 0.25) is 0 Å². The summed E-state index contributed by atoms with van der Waals surface area (Å²) in [6.07, 6.45) is 2.50. The molecule has 0 fully saturated rings. The molecule has 0 saturated heterocycles. The van der Waals surface area contributed by atoms with Crippen LogP contribution in [0.1, 0.15) is 6.92 Å². The van der Waals surface area contributed by atoms with E-state index in [1.165, 1.54) is 12.3 Å². The standard InChI is InChI=1S/C5H17BSSi/c1-5-7(3,6-2)8-4/h6H,5,8H2,1-4H3. The van der Waals surface area contributed by atoms with Gasteiger partial charge < -0.3 is 0 Å². The highest BCUT2D eigenvalue weighted by atomic mass is 32.4. The molecule has 0 aromatic carbocycles. The third-order valence-electron chi connectivity index (χ3n) is 2.09. The van der Waals surface area contributed by atoms with Gasteiger partial charge in [0.1, 0.15) is 0 Å². The minimum atomic E-state index is -0.0139. The lowest BCUT2D eigenvalue weighted by molar-refractivity contribution is 1.52. The molecule has 0 aromatic rings. The molecule has 1 atom stereocenters. The van der Waals surface area contributed by atoms with Crippen LogP contribution in [0.5, 0.6) is 0 Å². The van der Waals surface area contributed by atoms with E-state index in [1.807, 2.05) is 0 Å². The van der Waals surface area contributed by atoms with Crippen molar-refractivity contribution in [2.75, 3.05) is 12.0 Å². The van der Waals surface area contributed by atoms with Crippen LogP contribution in [0.25, 0.3) is 0 Å². The molecule has 0 bridgehead atoms. The molecular formula is C5H17BSSi. The molecule has 0 aliphatic heterocycles. The van der Waals surface area contributed by atoms with E-state index in [2.05, 4.69) is 26.5 Å². The summed E-state index contributed by atoms with van der Waals surface area (Å²) in [4.78, 5) is 0. The average molecular weight is 148 g/mol. The second-order valence-corrected chi connectivity index (χ2v) is 12.9. The molecule has 0 aliphatic rings. The summed E-state index contributed by atoms with van der Waals surface area (Å²) in [5.41, 5.74) is 0. The van der Waals surface area contributed by atoms with Gasteiger partial charge >= 0.3 is 0 Å². The molecule has 1 unspecified atom stereocenters. The number of hydrogen-bond donors (Lipinski definition) is 0. The first-order valence-corrected chi connectivity index (χ1v) is 9.09. The molecule has 0 saturated carbocycles. The van der Waals surface area contributed by atoms with Gasteiger partial charge in [-0.2, -0.15) is 0 Å². The largest absolute Gasteiger partial charge is 0.294 e. The molecule has 3 heteroatoms. The lowest BCUT2D eigenvalue weighted by Crippen LogP contribution is -2.11. The SMILES string of the molecule is CBS(C)(CC)[SiH2]C. The van der Waals surface area contributed by atoms with Gasteiger partial charge in [0, 0.05) is 0 Å². The van der Waals surface area contributed by atoms with Crippen molar-refractivity contribution in [3.8, 4) is 0 Å². The van der Waals surface area contributed by atoms with Gasteiger partial charge in [-0.3, -0.25) is 9.33 Å². The Morgan fingerprint density at radius 2 is 2.12 bits per heavy atom. The summed E-state index contributed by atoms with van der Waals surface area (Å²) >= 11 is 0. The lowest BCUT2D eigenvalue weighted by Gasteiger charge is -2.30. The predicted octanol–water partition coefficient (Wildman–Crippen LogP) is 0.972. The van der Waals surface area contributed by atoms with Crippen LogP contribution in [-0.2, 0) is 0 Å². The minimum Gasteiger partial charge on any atom is -0.294 e. The quantitative estimate of drug-likeness (QED) is 0.523. The topological polar surface area (TPSA) is 0 Å². The van der Waals surface area contributed by atoms with Crippen LogP contribution in [0.3, 0.4) is 0 Å². The average Bonchev–Trinajstić information content (AvgIpc) is 1.87. The zero-order valence-corrected chi connectivity index (χ0v) is 8.76. The Morgan fingerprint density at radius 3 is 2.12 bits per heavy atom. The Hall–Kier alpha value is 0.632. The molecule has 0 radical (unpaired) electrons. The molecular weight excluding hydrogens is 131 g/mol. The highest BCUT2D eigenvalue weighted by molar-refractivity contribution is 8.66. The van der Waals surface area contributed by atoms with Crippen molar-refractivity contribution in [3.63, 3.8) is 0 Å². The summed E-state index contributed by atoms with van der Waals surface area (Å²) < 4.78 is 0. The van der Waals surface area contributed by atoms with Crippen LogP contribution in [0.4, 0.5) is 0 Å². The third-order valence-corrected chi connectivity index (χ3v) is 12.9. The molecule has 0 heterocycles. The number of hydrogen-bond acceptors (Lipinski definition) is 0. The van der Waals surface area contributed by atoms with Gasteiger partial charge in [0.15, 0.2) is 6.56 Å². The molecule has 0 N–H and O–H groups in total. The molecule has 0 spiro atoms. The molecule has 50 valence electrons. The van der Waals surface area contributed by atoms with Crippen molar-refractivity contribution >= 4 is 24.6 Å². The second kappa shape index (κ2) is 3.62. The normalized spacial score (nSPS) is 23.0. The van der Waals surface area contributed by atoms with Crippen molar-refractivity contribution in [1.29, 1.82) is 0 Å². The van der Waals surface area contributed by atoms with Gasteiger partial charge in [0.25, 0.3) is 0 Å². The van der Waals surface area contributed by atoms with Crippen molar-refractivity contribution in [3.05, 3.63) is 0 Å². The fourth-order valence-electron chi connectivity index (χ4n) is 0.612. The minimum absolute atomic E-state index is 0.0139. The maximum Gasteiger partial charge on any atom is 0.163 e. The second-order valence-electron chi connectivity index (χ2n) is 2.34. The van der Waals surface area contributed by atoms with E-state index in [4.69, 9.17) is 0 Å². The van der Waals surface area contributed by atoms with E-state index in [9.17, 15) is 0 Å². The first-order chi connectivity index (χ1) is 3.68. The Kier molecular flexibility index (Phi) is 3.90. The summed E-state index contributed by atoms with van der Waals surface area (Å²) in [5, 5.41) is 0. The summed E-state index contributed by atoms with van der Waals surface area (Å²) in [7, 11) is 0.301. The van der Waals surface area contributed by atoms with E-state index < -0.39 is 0 Å². The van der Waals surface area contributed by atoms with Crippen LogP contribution >= 0.6 is 9.33 Å². The zero-order valence-electron chi connectivity index (χ0n) is 6.53. The van der Waals surface area contributed by atoms with Gasteiger partial charge in [-0.15, -0.1) is 0 Å². The first kappa shape index (κ1) is 8.63. The van der Waals surface area contributed by atoms with Crippen LogP contribution < -0.4 is 0 Å². The molecule has 0 aromatic heterocycles. The summed E-state index contributed by atoms with van der Waals surface area (Å²) in [6, 6.07) is 0. The third kappa shape index (κ3) is 2.27. The smallest absolute Gasteiger partial charge is 0.163 e. The van der Waals surface area contributed by atoms with Gasteiger partial charge in [0.05, 0.1) is 8.67 Å². The van der Waals surface area contributed by atoms with E-state index in [0.717, 1.165) is 0 Å². The molecule has 0 amide bonds. The molecule has 8 heavy (non-hydrogen) atoms. The van der Waals surface area contributed by atoms with Crippen molar-refractivity contribution in [2.45, 2.75) is 20.3 Å². The Bertz CT molecular complexity index is 55.2. The van der Waals surface area contributed by atoms with E-state index in [0.29, 0.717) is 8.67 Å². The highest BCUT2D eigenvalue weighted by Gasteiger charge is 2.09. The number of rotatable bonds is 3. The molecule has 0 nitrogen and oxygen atoms in total. The molecule has 0 aliphatic carbocycles. The highest BCUT2D eigenvalue weighted by Crippen LogP contribution is 2.38. The fourth-order valence-corrected chi connectivity index (χ4v) is 4.29. The van der Waals surface area contributed by atoms with E-state index in [1.54, 1.807) is 0 Å². The Labute approximate surface area is 57.4 Å². The van der Waals surface area contributed by atoms with E-state index >= 15 is 0 Å². The van der Waals surface area contributed by atoms with Crippen molar-refractivity contribution in [2.24, 2.45) is 0 Å². The Balaban J connectivity index is 3.58. The predicted molar refractivity (Wildman–Crippen MR) is 51.5 cm³/mol. The van der Waals surface area contributed by atoms with Crippen LogP contribution in [0.15, 0.2) is 0 Å². The van der Waals surface area contributed by atoms with Crippen molar-refractivity contribution in [1.82, 2.24) is 0 Å². The van der Waals surface area contributed by atoms with Gasteiger partial charge in [-0.25, -0.2) is 0 Å². The monoisotopic (exact) mass is 148 g/mol. The zero-order chi connectivity index (χ0) is 6.62. The summed E-state index contributed by atoms with van der Waals surface area (Å²) in [5.74, 6) is 1.46. The first-order valence-electron chi connectivity index (χ1n) is 3.40. The van der Waals surface area contributed by atoms with Crippen LogP contribution in [0, 0.1) is 0 Å². The Morgan fingerprint density at radius 1 is 1.62 bits per heavy atom. The maximum absolute atomic E-state index is 2.50. The van der Waals surface area contributed by atoms with Gasteiger partial charge in [-0.1, -0.05) is 20.3 Å². The van der Waals surface area contributed by atoms with Crippen LogP contribution in [-0.4, -0.2) is 27.2 Å². The van der Waals surface area contributed by atoms with Gasteiger partial charge in [-0.05, 0) is 12.0 Å². The maximum atomic E-state index is 2.50. The van der Waals surface area contributed by atoms with Crippen LogP contribution in [0.2, 0.25) is 13.4 Å². The lowest BCUT2D eigenvalue weighted by atomic mass is 10.2. The summed E-state index contributed by atoms with van der Waals surface area (Å²) in [6.45, 7) is 8.60. The fraction of sp³-hybridized carbons (Fsp3) is 1.00. The van der Waals surface area contributed by atoms with E-state index in [-0.39, 0.29) is 9.33 Å². The van der Waals surface area contributed by atoms with Crippen molar-refractivity contribution < 1.29 is 0 Å². The molecule has 0 rings (SSSR count).